The van der Waals surface area contributed by atoms with Gasteiger partial charge in [-0.3, -0.25) is 0 Å². The third-order valence-electron chi connectivity index (χ3n) is 6.58. The second kappa shape index (κ2) is 7.09. The van der Waals surface area contributed by atoms with E-state index in [4.69, 9.17) is 9.88 Å². The Morgan fingerprint density at radius 2 is 2.13 bits per heavy atom. The zero-order chi connectivity index (χ0) is 21.0. The van der Waals surface area contributed by atoms with E-state index >= 15 is 0 Å². The van der Waals surface area contributed by atoms with Gasteiger partial charge in [0.05, 0.1) is 18.8 Å². The molecule has 0 radical (unpaired) electrons. The van der Waals surface area contributed by atoms with Crippen LogP contribution in [-0.4, -0.2) is 26.6 Å². The third-order valence-corrected chi connectivity index (χ3v) is 7.92. The Hall–Kier alpha value is -2.39. The van der Waals surface area contributed by atoms with E-state index in [1.165, 1.54) is 28.5 Å². The van der Waals surface area contributed by atoms with Crippen LogP contribution in [0.25, 0.3) is 0 Å². The minimum Gasteiger partial charge on any atom is -0.477 e. The monoisotopic (exact) mass is 429 g/mol. The fraction of sp³-hybridized carbons (Fsp3) is 0.524. The largest absolute Gasteiger partial charge is 0.477 e. The number of hydrogen-bond acceptors (Lipinski definition) is 4. The van der Waals surface area contributed by atoms with Gasteiger partial charge < -0.3 is 10.1 Å². The normalized spacial score (nSPS) is 23.7. The van der Waals surface area contributed by atoms with E-state index in [1.807, 2.05) is 6.92 Å². The van der Waals surface area contributed by atoms with Crippen LogP contribution in [0.5, 0.6) is 5.88 Å². The highest BCUT2D eigenvalue weighted by Crippen LogP contribution is 2.43. The van der Waals surface area contributed by atoms with Crippen LogP contribution >= 0.6 is 0 Å². The van der Waals surface area contributed by atoms with E-state index in [-0.39, 0.29) is 10.9 Å². The standard InChI is InChI=1S/C21H27N5O3S/c1-12-6-7-16-17(12)10-14-4-3-5-15(14)19(16)24-21(27)25-30(22,28)18-11-23-26-13(2)8-9-29-20(18)26/h10-13H,3-9H2,1-2H3,(H3,22,24,25,27,28). The molecule has 2 heterocycles. The van der Waals surface area contributed by atoms with Crippen molar-refractivity contribution in [2.24, 2.45) is 9.50 Å². The molecule has 3 unspecified atom stereocenters. The number of aromatic nitrogens is 2. The maximum Gasteiger partial charge on any atom is 0.354 e. The third kappa shape index (κ3) is 3.11. The molecule has 2 aromatic rings. The number of nitrogens with zero attached hydrogens (tertiary/aromatic N) is 3. The highest BCUT2D eigenvalue weighted by molar-refractivity contribution is 7.91. The van der Waals surface area contributed by atoms with E-state index in [9.17, 15) is 9.00 Å². The van der Waals surface area contributed by atoms with Gasteiger partial charge in [0, 0.05) is 12.1 Å². The molecule has 2 aliphatic carbocycles. The van der Waals surface area contributed by atoms with Gasteiger partial charge in [0.15, 0.2) is 9.92 Å². The van der Waals surface area contributed by atoms with Crippen molar-refractivity contribution in [2.75, 3.05) is 11.9 Å². The van der Waals surface area contributed by atoms with Crippen molar-refractivity contribution in [3.05, 3.63) is 34.5 Å². The second-order valence-electron chi connectivity index (χ2n) is 8.59. The smallest absolute Gasteiger partial charge is 0.354 e. The van der Waals surface area contributed by atoms with Crippen molar-refractivity contribution >= 4 is 21.6 Å². The first-order valence-corrected chi connectivity index (χ1v) is 12.2. The van der Waals surface area contributed by atoms with Crippen molar-refractivity contribution in [1.29, 1.82) is 0 Å². The van der Waals surface area contributed by atoms with Crippen LogP contribution in [0.2, 0.25) is 0 Å². The molecule has 1 aliphatic heterocycles. The average Bonchev–Trinajstić information content (AvgIpc) is 3.40. The molecule has 3 N–H and O–H groups in total. The molecule has 30 heavy (non-hydrogen) atoms. The Labute approximate surface area is 176 Å². The molecule has 160 valence electrons. The van der Waals surface area contributed by atoms with E-state index in [0.717, 1.165) is 44.2 Å². The summed E-state index contributed by atoms with van der Waals surface area (Å²) in [5.74, 6) is 0.823. The predicted molar refractivity (Wildman–Crippen MR) is 114 cm³/mol. The number of carbonyl (C=O) groups is 1. The predicted octanol–water partition coefficient (Wildman–Crippen LogP) is 3.70. The summed E-state index contributed by atoms with van der Waals surface area (Å²) in [7, 11) is -3.49. The number of nitrogens with two attached hydrogens (primary N) is 1. The fourth-order valence-corrected chi connectivity index (χ4v) is 5.92. The number of carbonyl (C=O) groups excluding carboxylic acids is 1. The molecule has 0 saturated heterocycles. The number of fused-ring (bicyclic) bond motifs is 3. The molecular weight excluding hydrogens is 402 g/mol. The zero-order valence-corrected chi connectivity index (χ0v) is 18.1. The van der Waals surface area contributed by atoms with E-state index in [2.05, 4.69) is 27.8 Å². The van der Waals surface area contributed by atoms with Crippen LogP contribution in [0.4, 0.5) is 10.5 Å². The molecule has 5 rings (SSSR count). The van der Waals surface area contributed by atoms with Crippen LogP contribution in [0.15, 0.2) is 21.5 Å². The van der Waals surface area contributed by atoms with Crippen LogP contribution in [0.3, 0.4) is 0 Å². The summed E-state index contributed by atoms with van der Waals surface area (Å²) in [5.41, 5.74) is 5.85. The van der Waals surface area contributed by atoms with Crippen LogP contribution in [-0.2, 0) is 29.2 Å². The Bertz CT molecular complexity index is 1160. The van der Waals surface area contributed by atoms with Crippen molar-refractivity contribution in [3.63, 3.8) is 0 Å². The van der Waals surface area contributed by atoms with Crippen molar-refractivity contribution in [3.8, 4) is 5.88 Å². The van der Waals surface area contributed by atoms with Crippen LogP contribution < -0.4 is 15.2 Å². The van der Waals surface area contributed by atoms with Crippen molar-refractivity contribution in [2.45, 2.75) is 69.2 Å². The number of nitrogens with one attached hydrogen (secondary N) is 1. The first kappa shape index (κ1) is 19.6. The number of aryl methyl sites for hydroxylation is 1. The lowest BCUT2D eigenvalue weighted by molar-refractivity contribution is 0.196. The first-order chi connectivity index (χ1) is 14.3. The second-order valence-corrected chi connectivity index (χ2v) is 10.3. The summed E-state index contributed by atoms with van der Waals surface area (Å²) in [6, 6.07) is 1.74. The Balaban J connectivity index is 1.50. The fourth-order valence-electron chi connectivity index (χ4n) is 4.93. The maximum atomic E-state index is 13.2. The van der Waals surface area contributed by atoms with Gasteiger partial charge in [0.25, 0.3) is 0 Å². The van der Waals surface area contributed by atoms with Gasteiger partial charge in [-0.1, -0.05) is 13.0 Å². The highest BCUT2D eigenvalue weighted by atomic mass is 32.2. The van der Waals surface area contributed by atoms with Gasteiger partial charge in [-0.05, 0) is 67.2 Å². The lowest BCUT2D eigenvalue weighted by atomic mass is 9.96. The van der Waals surface area contributed by atoms with Crippen LogP contribution in [0, 0.1) is 0 Å². The average molecular weight is 430 g/mol. The summed E-state index contributed by atoms with van der Waals surface area (Å²) in [5, 5.41) is 13.2. The minimum atomic E-state index is -3.49. The molecule has 2 amide bonds. The molecule has 8 nitrogen and oxygen atoms in total. The number of rotatable bonds is 2. The lowest BCUT2D eigenvalue weighted by Crippen LogP contribution is -2.22. The summed E-state index contributed by atoms with van der Waals surface area (Å²) in [6.45, 7) is 4.71. The van der Waals surface area contributed by atoms with Gasteiger partial charge in [-0.2, -0.15) is 5.10 Å². The molecular formula is C21H27N5O3S. The SMILES string of the molecule is CC1CCc2c1cc1c(c2NC(=O)N=S(N)(=O)c2cnn3c2OCCC3C)CCC1. The van der Waals surface area contributed by atoms with E-state index in [1.54, 1.807) is 4.68 Å². The summed E-state index contributed by atoms with van der Waals surface area (Å²) in [6.07, 6.45) is 7.26. The first-order valence-electron chi connectivity index (χ1n) is 10.6. The highest BCUT2D eigenvalue weighted by Gasteiger charge is 2.30. The molecule has 0 saturated carbocycles. The molecule has 1 aromatic carbocycles. The van der Waals surface area contributed by atoms with Gasteiger partial charge in [-0.15, -0.1) is 4.36 Å². The van der Waals surface area contributed by atoms with Gasteiger partial charge in [-0.25, -0.2) is 18.8 Å². The summed E-state index contributed by atoms with van der Waals surface area (Å²) in [4.78, 5) is 13.0. The van der Waals surface area contributed by atoms with E-state index in [0.29, 0.717) is 18.4 Å². The summed E-state index contributed by atoms with van der Waals surface area (Å²) < 4.78 is 24.3. The molecule has 0 spiro atoms. The molecule has 0 fully saturated rings. The van der Waals surface area contributed by atoms with Gasteiger partial charge >= 0.3 is 6.03 Å². The Morgan fingerprint density at radius 1 is 1.30 bits per heavy atom. The number of anilines is 1. The molecule has 1 aromatic heterocycles. The summed E-state index contributed by atoms with van der Waals surface area (Å²) >= 11 is 0. The van der Waals surface area contributed by atoms with Gasteiger partial charge in [0.1, 0.15) is 4.90 Å². The maximum absolute atomic E-state index is 13.2. The lowest BCUT2D eigenvalue weighted by Gasteiger charge is -2.22. The molecule has 3 aliphatic rings. The zero-order valence-electron chi connectivity index (χ0n) is 17.3. The van der Waals surface area contributed by atoms with Gasteiger partial charge in [0.2, 0.25) is 5.88 Å². The van der Waals surface area contributed by atoms with Crippen molar-refractivity contribution < 1.29 is 13.7 Å². The Kier molecular flexibility index (Phi) is 4.62. The Morgan fingerprint density at radius 3 is 2.97 bits per heavy atom. The molecule has 0 bridgehead atoms. The number of ether oxygens (including phenoxy) is 1. The molecule has 3 atom stereocenters. The number of amides is 2. The molecule has 9 heteroatoms. The number of hydrogen-bond donors (Lipinski definition) is 2. The van der Waals surface area contributed by atoms with Crippen molar-refractivity contribution in [1.82, 2.24) is 9.78 Å². The topological polar surface area (TPSA) is 112 Å². The van der Waals surface area contributed by atoms with E-state index < -0.39 is 15.9 Å². The minimum absolute atomic E-state index is 0.114. The quantitative estimate of drug-likeness (QED) is 0.758. The number of urea groups is 1. The number of benzene rings is 1. The van der Waals surface area contributed by atoms with Crippen LogP contribution in [0.1, 0.15) is 67.3 Å².